The van der Waals surface area contributed by atoms with Gasteiger partial charge in [-0.3, -0.25) is 4.79 Å². The minimum atomic E-state index is -0.224. The van der Waals surface area contributed by atoms with Crippen molar-refractivity contribution in [3.63, 3.8) is 0 Å². The van der Waals surface area contributed by atoms with Gasteiger partial charge in [0.05, 0.1) is 13.1 Å². The summed E-state index contributed by atoms with van der Waals surface area (Å²) in [6, 6.07) is 13.5. The Balaban J connectivity index is 1.74. The lowest BCUT2D eigenvalue weighted by Crippen LogP contribution is -2.48. The standard InChI is InChI=1S/C22H27FNO/c1-17-12-20(23)13-18(2)22(17)14-21(25)16-24(10-6-7-11-24)15-19-8-4-3-5-9-19/h3-5,8-9,12-13H,6-7,10-11,14-16H2,1-2H3/q+1. The number of halogens is 1. The molecule has 0 bridgehead atoms. The van der Waals surface area contributed by atoms with Crippen LogP contribution in [0.2, 0.25) is 0 Å². The first-order valence-electron chi connectivity index (χ1n) is 9.14. The molecular weight excluding hydrogens is 313 g/mol. The highest BCUT2D eigenvalue weighted by Gasteiger charge is 2.34. The molecule has 2 aromatic rings. The maximum atomic E-state index is 13.5. The molecule has 0 amide bonds. The molecule has 0 aliphatic carbocycles. The van der Waals surface area contributed by atoms with Crippen molar-refractivity contribution in [2.24, 2.45) is 0 Å². The SMILES string of the molecule is Cc1cc(F)cc(C)c1CC(=O)C[N+]1(Cc2ccccc2)CCCC1. The van der Waals surface area contributed by atoms with E-state index in [0.29, 0.717) is 13.0 Å². The van der Waals surface area contributed by atoms with Crippen molar-refractivity contribution in [1.29, 1.82) is 0 Å². The third kappa shape index (κ3) is 4.35. The zero-order chi connectivity index (χ0) is 17.9. The van der Waals surface area contributed by atoms with Gasteiger partial charge in [0.1, 0.15) is 18.9 Å². The molecule has 2 nitrogen and oxygen atoms in total. The molecule has 0 N–H and O–H groups in total. The van der Waals surface area contributed by atoms with Crippen molar-refractivity contribution in [2.45, 2.75) is 39.7 Å². The Morgan fingerprint density at radius 1 is 1.04 bits per heavy atom. The van der Waals surface area contributed by atoms with Crippen LogP contribution in [0, 0.1) is 19.7 Å². The van der Waals surface area contributed by atoms with Gasteiger partial charge in [-0.2, -0.15) is 0 Å². The van der Waals surface area contributed by atoms with Crippen molar-refractivity contribution < 1.29 is 13.7 Å². The van der Waals surface area contributed by atoms with Gasteiger partial charge in [-0.1, -0.05) is 30.3 Å². The van der Waals surface area contributed by atoms with E-state index in [1.54, 1.807) is 0 Å². The van der Waals surface area contributed by atoms with Crippen LogP contribution in [0.1, 0.15) is 35.1 Å². The molecule has 0 radical (unpaired) electrons. The largest absolute Gasteiger partial charge is 0.314 e. The van der Waals surface area contributed by atoms with Crippen LogP contribution in [-0.2, 0) is 17.8 Å². The zero-order valence-electron chi connectivity index (χ0n) is 15.2. The number of carbonyl (C=O) groups is 1. The third-order valence-electron chi connectivity index (χ3n) is 5.42. The first-order chi connectivity index (χ1) is 12.0. The Morgan fingerprint density at radius 3 is 2.24 bits per heavy atom. The summed E-state index contributed by atoms with van der Waals surface area (Å²) in [5.41, 5.74) is 4.04. The molecule has 1 aliphatic rings. The topological polar surface area (TPSA) is 17.1 Å². The van der Waals surface area contributed by atoms with Gasteiger partial charge in [0, 0.05) is 24.8 Å². The van der Waals surface area contributed by atoms with Gasteiger partial charge in [0.2, 0.25) is 0 Å². The van der Waals surface area contributed by atoms with E-state index in [9.17, 15) is 9.18 Å². The number of ketones is 1. The molecule has 1 heterocycles. The second-order valence-electron chi connectivity index (χ2n) is 7.53. The number of likely N-dealkylation sites (tertiary alicyclic amines) is 1. The van der Waals surface area contributed by atoms with E-state index in [0.717, 1.165) is 40.8 Å². The molecule has 1 aliphatic heterocycles. The fourth-order valence-corrected chi connectivity index (χ4v) is 4.20. The number of rotatable bonds is 6. The highest BCUT2D eigenvalue weighted by molar-refractivity contribution is 5.82. The summed E-state index contributed by atoms with van der Waals surface area (Å²) >= 11 is 0. The van der Waals surface area contributed by atoms with Gasteiger partial charge in [0.25, 0.3) is 0 Å². The lowest BCUT2D eigenvalue weighted by molar-refractivity contribution is -0.922. The Kier molecular flexibility index (Phi) is 5.33. The van der Waals surface area contributed by atoms with E-state index in [-0.39, 0.29) is 11.6 Å². The Hall–Kier alpha value is -2.00. The lowest BCUT2D eigenvalue weighted by Gasteiger charge is -2.34. The number of Topliss-reactive ketones (excluding diaryl/α,β-unsaturated/α-hetero) is 1. The summed E-state index contributed by atoms with van der Waals surface area (Å²) in [5.74, 6) is 0.0361. The van der Waals surface area contributed by atoms with E-state index < -0.39 is 0 Å². The van der Waals surface area contributed by atoms with Gasteiger partial charge < -0.3 is 4.48 Å². The predicted molar refractivity (Wildman–Crippen MR) is 98.8 cm³/mol. The summed E-state index contributed by atoms with van der Waals surface area (Å²) in [7, 11) is 0. The summed E-state index contributed by atoms with van der Waals surface area (Å²) in [4.78, 5) is 12.8. The number of aryl methyl sites for hydroxylation is 2. The number of nitrogens with zero attached hydrogens (tertiary/aromatic N) is 1. The van der Waals surface area contributed by atoms with Crippen molar-refractivity contribution >= 4 is 5.78 Å². The van der Waals surface area contributed by atoms with Crippen LogP contribution < -0.4 is 0 Å². The monoisotopic (exact) mass is 340 g/mol. The van der Waals surface area contributed by atoms with Crippen molar-refractivity contribution in [2.75, 3.05) is 19.6 Å². The smallest absolute Gasteiger partial charge is 0.191 e. The summed E-state index contributed by atoms with van der Waals surface area (Å²) < 4.78 is 14.4. The van der Waals surface area contributed by atoms with Crippen molar-refractivity contribution in [3.05, 3.63) is 70.5 Å². The van der Waals surface area contributed by atoms with E-state index in [4.69, 9.17) is 0 Å². The Morgan fingerprint density at radius 2 is 1.64 bits per heavy atom. The van der Waals surface area contributed by atoms with E-state index in [2.05, 4.69) is 24.3 Å². The summed E-state index contributed by atoms with van der Waals surface area (Å²) in [6.45, 7) is 7.43. The molecule has 0 atom stereocenters. The minimum Gasteiger partial charge on any atom is -0.314 e. The van der Waals surface area contributed by atoms with Gasteiger partial charge >= 0.3 is 0 Å². The third-order valence-corrected chi connectivity index (χ3v) is 5.42. The number of hydrogen-bond donors (Lipinski definition) is 0. The lowest BCUT2D eigenvalue weighted by atomic mass is 9.97. The average molecular weight is 340 g/mol. The number of hydrogen-bond acceptors (Lipinski definition) is 1. The molecule has 0 unspecified atom stereocenters. The molecule has 132 valence electrons. The van der Waals surface area contributed by atoms with Crippen LogP contribution in [0.4, 0.5) is 4.39 Å². The second-order valence-corrected chi connectivity index (χ2v) is 7.53. The second kappa shape index (κ2) is 7.49. The fraction of sp³-hybridized carbons (Fsp3) is 0.409. The maximum Gasteiger partial charge on any atom is 0.191 e. The van der Waals surface area contributed by atoms with E-state index in [1.807, 2.05) is 19.9 Å². The maximum absolute atomic E-state index is 13.5. The fourth-order valence-electron chi connectivity index (χ4n) is 4.20. The van der Waals surface area contributed by atoms with Crippen molar-refractivity contribution in [3.8, 4) is 0 Å². The molecule has 0 spiro atoms. The Labute approximate surface area is 149 Å². The van der Waals surface area contributed by atoms with Gasteiger partial charge in [0.15, 0.2) is 5.78 Å². The van der Waals surface area contributed by atoms with Crippen LogP contribution >= 0.6 is 0 Å². The Bertz CT molecular complexity index is 725. The minimum absolute atomic E-state index is 0.224. The molecule has 25 heavy (non-hydrogen) atoms. The van der Waals surface area contributed by atoms with Gasteiger partial charge in [-0.25, -0.2) is 4.39 Å². The van der Waals surface area contributed by atoms with Crippen LogP contribution in [0.5, 0.6) is 0 Å². The first-order valence-corrected chi connectivity index (χ1v) is 9.14. The number of quaternary nitrogens is 1. The van der Waals surface area contributed by atoms with Crippen LogP contribution in [0.3, 0.4) is 0 Å². The number of carbonyl (C=O) groups excluding carboxylic acids is 1. The van der Waals surface area contributed by atoms with Gasteiger partial charge in [-0.05, 0) is 42.7 Å². The van der Waals surface area contributed by atoms with Gasteiger partial charge in [-0.15, -0.1) is 0 Å². The molecule has 2 aromatic carbocycles. The van der Waals surface area contributed by atoms with Crippen LogP contribution in [-0.4, -0.2) is 29.9 Å². The molecule has 3 rings (SSSR count). The van der Waals surface area contributed by atoms with E-state index in [1.165, 1.54) is 30.5 Å². The molecule has 1 fully saturated rings. The predicted octanol–water partition coefficient (Wildman–Crippen LogP) is 4.36. The molecular formula is C22H27FNO+. The van der Waals surface area contributed by atoms with Crippen LogP contribution in [0.15, 0.2) is 42.5 Å². The van der Waals surface area contributed by atoms with Crippen LogP contribution in [0.25, 0.3) is 0 Å². The van der Waals surface area contributed by atoms with Crippen molar-refractivity contribution in [1.82, 2.24) is 0 Å². The highest BCUT2D eigenvalue weighted by atomic mass is 19.1. The first kappa shape index (κ1) is 17.8. The number of benzene rings is 2. The molecule has 0 saturated carbocycles. The van der Waals surface area contributed by atoms with E-state index >= 15 is 0 Å². The summed E-state index contributed by atoms with van der Waals surface area (Å²) in [6.07, 6.45) is 2.79. The molecule has 0 aromatic heterocycles. The summed E-state index contributed by atoms with van der Waals surface area (Å²) in [5, 5.41) is 0. The highest BCUT2D eigenvalue weighted by Crippen LogP contribution is 2.24. The quantitative estimate of drug-likeness (QED) is 0.714. The molecule has 3 heteroatoms. The molecule has 1 saturated heterocycles. The zero-order valence-corrected chi connectivity index (χ0v) is 15.2. The normalized spacial score (nSPS) is 16.1. The average Bonchev–Trinajstić information content (AvgIpc) is 2.99.